The molecule has 0 saturated carbocycles. The Bertz CT molecular complexity index is 311. The lowest BCUT2D eigenvalue weighted by atomic mass is 10.2. The summed E-state index contributed by atoms with van der Waals surface area (Å²) in [4.78, 5) is 4.30. The molecule has 1 unspecified atom stereocenters. The van der Waals surface area contributed by atoms with Crippen LogP contribution in [0.4, 0.5) is 5.13 Å². The Balaban J connectivity index is 2.65. The maximum atomic E-state index is 5.23. The third-order valence-corrected chi connectivity index (χ3v) is 2.21. The van der Waals surface area contributed by atoms with Gasteiger partial charge in [-0.05, 0) is 6.92 Å². The van der Waals surface area contributed by atoms with Crippen LogP contribution < -0.4 is 5.32 Å². The van der Waals surface area contributed by atoms with E-state index in [4.69, 9.17) is 6.42 Å². The normalized spacial score (nSPS) is 12.5. The van der Waals surface area contributed by atoms with Gasteiger partial charge in [0.25, 0.3) is 0 Å². The molecule has 3 nitrogen and oxygen atoms in total. The van der Waals surface area contributed by atoms with Crippen LogP contribution in [0.1, 0.15) is 32.5 Å². The monoisotopic (exact) mass is 195 g/mol. The Morgan fingerprint density at radius 1 is 1.46 bits per heavy atom. The second-order valence-electron chi connectivity index (χ2n) is 3.15. The highest BCUT2D eigenvalue weighted by Gasteiger charge is 2.08. The largest absolute Gasteiger partial charge is 0.347 e. The first-order valence-electron chi connectivity index (χ1n) is 4.19. The van der Waals surface area contributed by atoms with Crippen molar-refractivity contribution in [3.63, 3.8) is 0 Å². The predicted molar refractivity (Wildman–Crippen MR) is 55.9 cm³/mol. The number of hydrogen-bond acceptors (Lipinski definition) is 4. The van der Waals surface area contributed by atoms with E-state index in [1.165, 1.54) is 11.5 Å². The fourth-order valence-electron chi connectivity index (χ4n) is 0.755. The van der Waals surface area contributed by atoms with Gasteiger partial charge in [-0.25, -0.2) is 4.98 Å². The molecular weight excluding hydrogens is 182 g/mol. The highest BCUT2D eigenvalue weighted by Crippen LogP contribution is 2.17. The van der Waals surface area contributed by atoms with E-state index in [0.717, 1.165) is 11.0 Å². The molecule has 1 rings (SSSR count). The van der Waals surface area contributed by atoms with E-state index in [1.54, 1.807) is 0 Å². The summed E-state index contributed by atoms with van der Waals surface area (Å²) in [7, 11) is 0. The van der Waals surface area contributed by atoms with Gasteiger partial charge in [-0.2, -0.15) is 4.37 Å². The second-order valence-corrected chi connectivity index (χ2v) is 3.90. The fourth-order valence-corrected chi connectivity index (χ4v) is 1.55. The van der Waals surface area contributed by atoms with Gasteiger partial charge in [0.1, 0.15) is 5.82 Å². The van der Waals surface area contributed by atoms with Crippen LogP contribution in [0.2, 0.25) is 0 Å². The van der Waals surface area contributed by atoms with E-state index >= 15 is 0 Å². The zero-order valence-electron chi connectivity index (χ0n) is 8.03. The van der Waals surface area contributed by atoms with Crippen LogP contribution in [-0.4, -0.2) is 15.4 Å². The lowest BCUT2D eigenvalue weighted by molar-refractivity contribution is 0.798. The summed E-state index contributed by atoms with van der Waals surface area (Å²) in [5.41, 5.74) is 0. The Kier molecular flexibility index (Phi) is 3.26. The molecular formula is C9H13N3S. The van der Waals surface area contributed by atoms with Crippen molar-refractivity contribution in [1.29, 1.82) is 0 Å². The van der Waals surface area contributed by atoms with Crippen LogP contribution in [0.25, 0.3) is 0 Å². The summed E-state index contributed by atoms with van der Waals surface area (Å²) in [5, 5.41) is 3.88. The van der Waals surface area contributed by atoms with E-state index in [2.05, 4.69) is 34.4 Å². The lowest BCUT2D eigenvalue weighted by Crippen LogP contribution is -2.11. The van der Waals surface area contributed by atoms with Crippen molar-refractivity contribution in [2.75, 3.05) is 5.32 Å². The number of nitrogens with zero attached hydrogens (tertiary/aromatic N) is 2. The van der Waals surface area contributed by atoms with Gasteiger partial charge in [-0.15, -0.1) is 6.42 Å². The summed E-state index contributed by atoms with van der Waals surface area (Å²) in [6.45, 7) is 6.04. The summed E-state index contributed by atoms with van der Waals surface area (Å²) in [6, 6.07) is 0.00737. The van der Waals surface area contributed by atoms with E-state index in [-0.39, 0.29) is 6.04 Å². The van der Waals surface area contributed by atoms with Crippen molar-refractivity contribution in [2.24, 2.45) is 0 Å². The highest BCUT2D eigenvalue weighted by molar-refractivity contribution is 7.09. The first-order valence-corrected chi connectivity index (χ1v) is 4.97. The number of terminal acetylenes is 1. The van der Waals surface area contributed by atoms with Crippen molar-refractivity contribution >= 4 is 16.7 Å². The van der Waals surface area contributed by atoms with Gasteiger partial charge in [-0.3, -0.25) is 0 Å². The summed E-state index contributed by atoms with van der Waals surface area (Å²) < 4.78 is 4.20. The Hall–Kier alpha value is -1.08. The van der Waals surface area contributed by atoms with Gasteiger partial charge < -0.3 is 5.32 Å². The van der Waals surface area contributed by atoms with Crippen molar-refractivity contribution in [1.82, 2.24) is 9.36 Å². The predicted octanol–water partition coefficient (Wildman–Crippen LogP) is 2.10. The Morgan fingerprint density at radius 2 is 2.15 bits per heavy atom. The zero-order valence-corrected chi connectivity index (χ0v) is 8.85. The first-order chi connectivity index (χ1) is 6.13. The number of anilines is 1. The quantitative estimate of drug-likeness (QED) is 0.750. The van der Waals surface area contributed by atoms with Crippen molar-refractivity contribution in [3.8, 4) is 12.3 Å². The Labute approximate surface area is 82.8 Å². The summed E-state index contributed by atoms with van der Waals surface area (Å²) in [5.74, 6) is 3.82. The number of aromatic nitrogens is 2. The molecule has 1 N–H and O–H groups in total. The third kappa shape index (κ3) is 2.71. The van der Waals surface area contributed by atoms with Crippen LogP contribution in [-0.2, 0) is 0 Å². The molecule has 0 aromatic carbocycles. The molecule has 1 atom stereocenters. The van der Waals surface area contributed by atoms with Gasteiger partial charge in [0, 0.05) is 17.5 Å². The van der Waals surface area contributed by atoms with Crippen molar-refractivity contribution in [2.45, 2.75) is 32.7 Å². The minimum absolute atomic E-state index is 0.00737. The third-order valence-electron chi connectivity index (χ3n) is 1.55. The molecule has 70 valence electrons. The first kappa shape index (κ1) is 10.0. The molecule has 0 aliphatic heterocycles. The molecule has 1 aromatic heterocycles. The molecule has 0 aliphatic carbocycles. The lowest BCUT2D eigenvalue weighted by Gasteiger charge is -2.03. The molecule has 0 saturated heterocycles. The van der Waals surface area contributed by atoms with E-state index < -0.39 is 0 Å². The number of nitrogens with one attached hydrogen (secondary N) is 1. The average molecular weight is 195 g/mol. The smallest absolute Gasteiger partial charge is 0.203 e. The standard InChI is InChI=1S/C9H13N3S/c1-5-7(4)10-9-11-8(6(2)3)12-13-9/h1,6-7H,2-4H3,(H,10,11,12). The molecule has 0 amide bonds. The van der Waals surface area contributed by atoms with Gasteiger partial charge >= 0.3 is 0 Å². The van der Waals surface area contributed by atoms with Crippen molar-refractivity contribution < 1.29 is 0 Å². The van der Waals surface area contributed by atoms with Crippen LogP contribution in [0, 0.1) is 12.3 Å². The highest BCUT2D eigenvalue weighted by atomic mass is 32.1. The maximum absolute atomic E-state index is 5.23. The van der Waals surface area contributed by atoms with Crippen LogP contribution in [0.15, 0.2) is 0 Å². The van der Waals surface area contributed by atoms with Crippen LogP contribution in [0.3, 0.4) is 0 Å². The van der Waals surface area contributed by atoms with Gasteiger partial charge in [0.15, 0.2) is 0 Å². The summed E-state index contributed by atoms with van der Waals surface area (Å²) in [6.07, 6.45) is 5.23. The Morgan fingerprint density at radius 3 is 2.62 bits per heavy atom. The minimum atomic E-state index is 0.00737. The molecule has 1 aromatic rings. The second kappa shape index (κ2) is 4.24. The van der Waals surface area contributed by atoms with Crippen LogP contribution in [0.5, 0.6) is 0 Å². The zero-order chi connectivity index (χ0) is 9.84. The molecule has 4 heteroatoms. The number of hydrogen-bond donors (Lipinski definition) is 1. The average Bonchev–Trinajstić information content (AvgIpc) is 2.52. The number of rotatable bonds is 3. The van der Waals surface area contributed by atoms with Gasteiger partial charge in [-0.1, -0.05) is 19.8 Å². The topological polar surface area (TPSA) is 37.8 Å². The molecule has 0 bridgehead atoms. The van der Waals surface area contributed by atoms with E-state index in [9.17, 15) is 0 Å². The van der Waals surface area contributed by atoms with Gasteiger partial charge in [0.2, 0.25) is 5.13 Å². The molecule has 0 fully saturated rings. The van der Waals surface area contributed by atoms with E-state index in [1.807, 2.05) is 6.92 Å². The van der Waals surface area contributed by atoms with Gasteiger partial charge in [0.05, 0.1) is 6.04 Å². The fraction of sp³-hybridized carbons (Fsp3) is 0.556. The molecule has 0 radical (unpaired) electrons. The summed E-state index contributed by atoms with van der Waals surface area (Å²) >= 11 is 1.35. The molecule has 13 heavy (non-hydrogen) atoms. The molecule has 0 spiro atoms. The molecule has 1 heterocycles. The minimum Gasteiger partial charge on any atom is -0.347 e. The molecule has 0 aliphatic rings. The maximum Gasteiger partial charge on any atom is 0.203 e. The SMILES string of the molecule is C#CC(C)Nc1nc(C(C)C)ns1. The van der Waals surface area contributed by atoms with Crippen molar-refractivity contribution in [3.05, 3.63) is 5.82 Å². The van der Waals surface area contributed by atoms with E-state index in [0.29, 0.717) is 5.92 Å². The van der Waals surface area contributed by atoms with Crippen LogP contribution >= 0.6 is 11.5 Å².